The summed E-state index contributed by atoms with van der Waals surface area (Å²) in [7, 11) is 0. The molecule has 4 nitrogen and oxygen atoms in total. The topological polar surface area (TPSA) is 55.9 Å². The van der Waals surface area contributed by atoms with Gasteiger partial charge in [0, 0.05) is 19.0 Å². The maximum absolute atomic E-state index is 5.59. The molecule has 0 spiro atoms. The molecule has 1 aliphatic carbocycles. The van der Waals surface area contributed by atoms with Gasteiger partial charge >= 0.3 is 0 Å². The van der Waals surface area contributed by atoms with Crippen LogP contribution < -0.4 is 11.1 Å². The van der Waals surface area contributed by atoms with Crippen LogP contribution in [0.15, 0.2) is 30.5 Å². The zero-order valence-electron chi connectivity index (χ0n) is 12.0. The summed E-state index contributed by atoms with van der Waals surface area (Å²) in [5, 5.41) is 7.99. The molecule has 0 atom stereocenters. The summed E-state index contributed by atoms with van der Waals surface area (Å²) in [6, 6.07) is 8.54. The first-order valence-electron chi connectivity index (χ1n) is 7.38. The largest absolute Gasteiger partial charge is 0.381 e. The van der Waals surface area contributed by atoms with Crippen molar-refractivity contribution in [1.29, 1.82) is 0 Å². The van der Waals surface area contributed by atoms with Crippen LogP contribution in [-0.2, 0) is 0 Å². The quantitative estimate of drug-likeness (QED) is 0.878. The van der Waals surface area contributed by atoms with Gasteiger partial charge in [0.25, 0.3) is 0 Å². The number of aryl methyl sites for hydroxylation is 1. The van der Waals surface area contributed by atoms with Gasteiger partial charge in [0.15, 0.2) is 0 Å². The van der Waals surface area contributed by atoms with Crippen molar-refractivity contribution in [2.75, 3.05) is 18.4 Å². The Morgan fingerprint density at radius 2 is 2.05 bits per heavy atom. The molecule has 1 aromatic carbocycles. The molecule has 20 heavy (non-hydrogen) atoms. The molecule has 1 aliphatic rings. The number of anilines is 1. The normalized spacial score (nSPS) is 15.1. The minimum absolute atomic E-state index is 0.624. The van der Waals surface area contributed by atoms with E-state index < -0.39 is 0 Å². The Labute approximate surface area is 120 Å². The number of nitrogens with one attached hydrogen (secondary N) is 1. The summed E-state index contributed by atoms with van der Waals surface area (Å²) in [6.07, 6.45) is 5.77. The molecule has 3 rings (SSSR count). The summed E-state index contributed by atoms with van der Waals surface area (Å²) in [6.45, 7) is 3.53. The predicted octanol–water partition coefficient (Wildman–Crippen LogP) is 2.82. The molecular weight excluding hydrogens is 248 g/mol. The highest BCUT2D eigenvalue weighted by Gasteiger charge is 2.27. The van der Waals surface area contributed by atoms with Crippen LogP contribution in [-0.4, -0.2) is 22.9 Å². The van der Waals surface area contributed by atoms with E-state index in [1.807, 2.05) is 6.20 Å². The molecule has 4 heteroatoms. The van der Waals surface area contributed by atoms with E-state index >= 15 is 0 Å². The van der Waals surface area contributed by atoms with Gasteiger partial charge in [-0.15, -0.1) is 0 Å². The van der Waals surface area contributed by atoms with E-state index in [1.54, 1.807) is 0 Å². The van der Waals surface area contributed by atoms with E-state index in [-0.39, 0.29) is 0 Å². The maximum atomic E-state index is 5.59. The van der Waals surface area contributed by atoms with Crippen LogP contribution in [0.5, 0.6) is 0 Å². The average molecular weight is 270 g/mol. The SMILES string of the molecule is Cc1ccc(-n2ncc(NCCN)c2C2CCC2)cc1. The first kappa shape index (κ1) is 13.2. The van der Waals surface area contributed by atoms with Crippen molar-refractivity contribution in [3.63, 3.8) is 0 Å². The summed E-state index contributed by atoms with van der Waals surface area (Å²) in [4.78, 5) is 0. The van der Waals surface area contributed by atoms with Crippen molar-refractivity contribution in [1.82, 2.24) is 9.78 Å². The van der Waals surface area contributed by atoms with Gasteiger partial charge in [-0.2, -0.15) is 5.10 Å². The molecule has 0 aliphatic heterocycles. The fourth-order valence-electron chi connectivity index (χ4n) is 2.67. The Hall–Kier alpha value is -1.81. The standard InChI is InChI=1S/C16H22N4/c1-12-5-7-14(8-6-12)20-16(13-3-2-4-13)15(11-19-20)18-10-9-17/h5-8,11,13,18H,2-4,9-10,17H2,1H3. The van der Waals surface area contributed by atoms with Gasteiger partial charge in [-0.25, -0.2) is 4.68 Å². The summed E-state index contributed by atoms with van der Waals surface area (Å²) in [5.41, 5.74) is 10.5. The van der Waals surface area contributed by atoms with Gasteiger partial charge in [-0.05, 0) is 31.9 Å². The summed E-state index contributed by atoms with van der Waals surface area (Å²) < 4.78 is 2.09. The molecule has 0 saturated heterocycles. The monoisotopic (exact) mass is 270 g/mol. The highest BCUT2D eigenvalue weighted by atomic mass is 15.3. The lowest BCUT2D eigenvalue weighted by Gasteiger charge is -2.27. The third-order valence-electron chi connectivity index (χ3n) is 4.04. The third kappa shape index (κ3) is 2.43. The molecule has 106 valence electrons. The molecule has 0 unspecified atom stereocenters. The number of rotatable bonds is 5. The van der Waals surface area contributed by atoms with E-state index in [0.29, 0.717) is 12.5 Å². The van der Waals surface area contributed by atoms with E-state index in [9.17, 15) is 0 Å². The Morgan fingerprint density at radius 1 is 1.30 bits per heavy atom. The van der Waals surface area contributed by atoms with Gasteiger partial charge in [-0.3, -0.25) is 0 Å². The van der Waals surface area contributed by atoms with E-state index in [2.05, 4.69) is 46.3 Å². The van der Waals surface area contributed by atoms with Gasteiger partial charge in [0.2, 0.25) is 0 Å². The number of nitrogens with zero attached hydrogens (tertiary/aromatic N) is 2. The third-order valence-corrected chi connectivity index (χ3v) is 4.04. The number of hydrogen-bond donors (Lipinski definition) is 2. The number of aromatic nitrogens is 2. The van der Waals surface area contributed by atoms with Gasteiger partial charge in [0.1, 0.15) is 0 Å². The number of hydrogen-bond acceptors (Lipinski definition) is 3. The molecule has 1 fully saturated rings. The predicted molar refractivity (Wildman–Crippen MR) is 82.4 cm³/mol. The minimum atomic E-state index is 0.624. The lowest BCUT2D eigenvalue weighted by Crippen LogP contribution is -2.18. The second-order valence-electron chi connectivity index (χ2n) is 5.53. The zero-order valence-corrected chi connectivity index (χ0v) is 12.0. The van der Waals surface area contributed by atoms with Gasteiger partial charge in [-0.1, -0.05) is 24.1 Å². The molecule has 1 aromatic heterocycles. The molecule has 0 amide bonds. The van der Waals surface area contributed by atoms with Crippen LogP contribution in [0.2, 0.25) is 0 Å². The molecule has 1 heterocycles. The van der Waals surface area contributed by atoms with Crippen LogP contribution in [0.25, 0.3) is 5.69 Å². The zero-order chi connectivity index (χ0) is 13.9. The molecule has 1 saturated carbocycles. The minimum Gasteiger partial charge on any atom is -0.381 e. The van der Waals surface area contributed by atoms with Crippen molar-refractivity contribution in [2.24, 2.45) is 5.73 Å². The smallest absolute Gasteiger partial charge is 0.0767 e. The molecular formula is C16H22N4. The van der Waals surface area contributed by atoms with Crippen LogP contribution in [0.4, 0.5) is 5.69 Å². The highest BCUT2D eigenvalue weighted by molar-refractivity contribution is 5.52. The Morgan fingerprint density at radius 3 is 2.65 bits per heavy atom. The lowest BCUT2D eigenvalue weighted by molar-refractivity contribution is 0.404. The molecule has 2 aromatic rings. The fourth-order valence-corrected chi connectivity index (χ4v) is 2.67. The fraction of sp³-hybridized carbons (Fsp3) is 0.438. The van der Waals surface area contributed by atoms with Crippen LogP contribution in [0.1, 0.15) is 36.4 Å². The van der Waals surface area contributed by atoms with E-state index in [1.165, 1.54) is 30.5 Å². The molecule has 0 radical (unpaired) electrons. The highest BCUT2D eigenvalue weighted by Crippen LogP contribution is 2.40. The van der Waals surface area contributed by atoms with Crippen LogP contribution in [0.3, 0.4) is 0 Å². The van der Waals surface area contributed by atoms with Gasteiger partial charge in [0.05, 0.1) is 23.3 Å². The average Bonchev–Trinajstić information content (AvgIpc) is 2.79. The Bertz CT molecular complexity index is 567. The van der Waals surface area contributed by atoms with Crippen LogP contribution >= 0.6 is 0 Å². The van der Waals surface area contributed by atoms with Crippen molar-refractivity contribution in [3.8, 4) is 5.69 Å². The Balaban J connectivity index is 1.97. The number of nitrogens with two attached hydrogens (primary N) is 1. The van der Waals surface area contributed by atoms with E-state index in [0.717, 1.165) is 17.9 Å². The van der Waals surface area contributed by atoms with Crippen molar-refractivity contribution in [3.05, 3.63) is 41.7 Å². The maximum Gasteiger partial charge on any atom is 0.0767 e. The van der Waals surface area contributed by atoms with Crippen molar-refractivity contribution < 1.29 is 0 Å². The van der Waals surface area contributed by atoms with Crippen molar-refractivity contribution in [2.45, 2.75) is 32.1 Å². The molecule has 0 bridgehead atoms. The summed E-state index contributed by atoms with van der Waals surface area (Å²) in [5.74, 6) is 0.624. The first-order valence-corrected chi connectivity index (χ1v) is 7.38. The number of benzene rings is 1. The van der Waals surface area contributed by atoms with Gasteiger partial charge < -0.3 is 11.1 Å². The van der Waals surface area contributed by atoms with E-state index in [4.69, 9.17) is 5.73 Å². The van der Waals surface area contributed by atoms with Crippen molar-refractivity contribution >= 4 is 5.69 Å². The first-order chi connectivity index (χ1) is 9.79. The van der Waals surface area contributed by atoms with Crippen LogP contribution in [0, 0.1) is 6.92 Å². The summed E-state index contributed by atoms with van der Waals surface area (Å²) >= 11 is 0. The Kier molecular flexibility index (Phi) is 3.74. The second kappa shape index (κ2) is 5.67. The second-order valence-corrected chi connectivity index (χ2v) is 5.53. The molecule has 3 N–H and O–H groups in total. The lowest BCUT2D eigenvalue weighted by atomic mass is 9.82.